The first-order chi connectivity index (χ1) is 7.65. The molecular weight excluding hydrogens is 196 g/mol. The summed E-state index contributed by atoms with van der Waals surface area (Å²) in [6, 6.07) is 8.52. The Morgan fingerprint density at radius 2 is 2.06 bits per heavy atom. The van der Waals surface area contributed by atoms with Gasteiger partial charge in [-0.15, -0.1) is 0 Å². The molecule has 0 fully saturated rings. The highest BCUT2D eigenvalue weighted by Gasteiger charge is 2.03. The van der Waals surface area contributed by atoms with Crippen LogP contribution in [-0.2, 0) is 6.54 Å². The van der Waals surface area contributed by atoms with E-state index in [-0.39, 0.29) is 0 Å². The molecule has 0 aliphatic carbocycles. The Labute approximate surface area is 96.9 Å². The predicted molar refractivity (Wildman–Crippen MR) is 67.2 cm³/mol. The summed E-state index contributed by atoms with van der Waals surface area (Å²) in [5.74, 6) is 0.630. The molecule has 1 aromatic carbocycles. The lowest BCUT2D eigenvalue weighted by molar-refractivity contribution is 0.483. The lowest BCUT2D eigenvalue weighted by Crippen LogP contribution is -2.03. The van der Waals surface area contributed by atoms with Crippen molar-refractivity contribution in [1.29, 1.82) is 0 Å². The van der Waals surface area contributed by atoms with Crippen LogP contribution in [0.15, 0.2) is 36.7 Å². The average molecular weight is 214 g/mol. The van der Waals surface area contributed by atoms with Crippen LogP contribution in [0.25, 0.3) is 11.1 Å². The van der Waals surface area contributed by atoms with Crippen molar-refractivity contribution in [3.8, 4) is 11.1 Å². The molecule has 0 aliphatic rings. The maximum atomic E-state index is 4.38. The lowest BCUT2D eigenvalue weighted by atomic mass is 10.1. The van der Waals surface area contributed by atoms with Crippen molar-refractivity contribution in [1.82, 2.24) is 9.78 Å². The third kappa shape index (κ3) is 2.51. The summed E-state index contributed by atoms with van der Waals surface area (Å²) >= 11 is 0. The van der Waals surface area contributed by atoms with Crippen molar-refractivity contribution in [2.45, 2.75) is 27.3 Å². The van der Waals surface area contributed by atoms with Gasteiger partial charge in [-0.2, -0.15) is 5.10 Å². The van der Waals surface area contributed by atoms with Crippen LogP contribution in [0.4, 0.5) is 0 Å². The van der Waals surface area contributed by atoms with Gasteiger partial charge >= 0.3 is 0 Å². The second kappa shape index (κ2) is 4.52. The van der Waals surface area contributed by atoms with Gasteiger partial charge in [0.1, 0.15) is 0 Å². The van der Waals surface area contributed by atoms with Gasteiger partial charge in [0.15, 0.2) is 0 Å². The third-order valence-corrected chi connectivity index (χ3v) is 2.54. The van der Waals surface area contributed by atoms with E-state index in [4.69, 9.17) is 0 Å². The van der Waals surface area contributed by atoms with Crippen LogP contribution in [-0.4, -0.2) is 9.78 Å². The number of rotatable bonds is 3. The summed E-state index contributed by atoms with van der Waals surface area (Å²) in [7, 11) is 0. The van der Waals surface area contributed by atoms with Crippen LogP contribution in [0, 0.1) is 12.8 Å². The summed E-state index contributed by atoms with van der Waals surface area (Å²) in [5.41, 5.74) is 3.73. The molecule has 0 saturated carbocycles. The van der Waals surface area contributed by atoms with E-state index in [1.54, 1.807) is 0 Å². The van der Waals surface area contributed by atoms with Crippen molar-refractivity contribution >= 4 is 0 Å². The molecule has 1 heterocycles. The molecule has 0 unspecified atom stereocenters. The summed E-state index contributed by atoms with van der Waals surface area (Å²) in [6.07, 6.45) is 4.06. The number of aromatic nitrogens is 2. The largest absolute Gasteiger partial charge is 0.272 e. The summed E-state index contributed by atoms with van der Waals surface area (Å²) < 4.78 is 2.02. The zero-order valence-electron chi connectivity index (χ0n) is 10.1. The molecule has 0 N–H and O–H groups in total. The molecule has 0 aliphatic heterocycles. The first kappa shape index (κ1) is 10.9. The molecule has 84 valence electrons. The van der Waals surface area contributed by atoms with Gasteiger partial charge in [0.2, 0.25) is 0 Å². The second-order valence-corrected chi connectivity index (χ2v) is 4.71. The highest BCUT2D eigenvalue weighted by atomic mass is 15.3. The SMILES string of the molecule is Cc1cccc(-c2cnn(CC(C)C)c2)c1. The normalized spacial score (nSPS) is 11.0. The smallest absolute Gasteiger partial charge is 0.0568 e. The van der Waals surface area contributed by atoms with Gasteiger partial charge in [-0.1, -0.05) is 43.7 Å². The molecule has 0 atom stereocenters. The van der Waals surface area contributed by atoms with Crippen molar-refractivity contribution in [3.05, 3.63) is 42.2 Å². The molecule has 0 spiro atoms. The van der Waals surface area contributed by atoms with Crippen molar-refractivity contribution in [2.24, 2.45) is 5.92 Å². The van der Waals surface area contributed by atoms with E-state index < -0.39 is 0 Å². The summed E-state index contributed by atoms with van der Waals surface area (Å²) in [6.45, 7) is 7.50. The number of hydrogen-bond donors (Lipinski definition) is 0. The topological polar surface area (TPSA) is 17.8 Å². The number of benzene rings is 1. The number of hydrogen-bond acceptors (Lipinski definition) is 1. The number of nitrogens with zero attached hydrogens (tertiary/aromatic N) is 2. The molecule has 2 aromatic rings. The summed E-state index contributed by atoms with van der Waals surface area (Å²) in [5, 5.41) is 4.38. The van der Waals surface area contributed by atoms with Crippen LogP contribution >= 0.6 is 0 Å². The van der Waals surface area contributed by atoms with Crippen molar-refractivity contribution < 1.29 is 0 Å². The maximum Gasteiger partial charge on any atom is 0.0568 e. The average Bonchev–Trinajstić information content (AvgIpc) is 2.65. The lowest BCUT2D eigenvalue weighted by Gasteiger charge is -2.03. The van der Waals surface area contributed by atoms with E-state index in [1.807, 2.05) is 10.9 Å². The fourth-order valence-electron chi connectivity index (χ4n) is 1.81. The zero-order valence-corrected chi connectivity index (χ0v) is 10.1. The molecule has 1 aromatic heterocycles. The highest BCUT2D eigenvalue weighted by Crippen LogP contribution is 2.19. The molecular formula is C14H18N2. The Morgan fingerprint density at radius 3 is 2.75 bits per heavy atom. The monoisotopic (exact) mass is 214 g/mol. The number of aryl methyl sites for hydroxylation is 1. The van der Waals surface area contributed by atoms with Crippen LogP contribution in [0.3, 0.4) is 0 Å². The van der Waals surface area contributed by atoms with E-state index in [0.29, 0.717) is 5.92 Å². The Bertz CT molecular complexity index is 469. The first-order valence-corrected chi connectivity index (χ1v) is 5.74. The van der Waals surface area contributed by atoms with Crippen molar-refractivity contribution in [3.63, 3.8) is 0 Å². The van der Waals surface area contributed by atoms with Crippen LogP contribution in [0.1, 0.15) is 19.4 Å². The van der Waals surface area contributed by atoms with E-state index in [9.17, 15) is 0 Å². The Balaban J connectivity index is 2.24. The quantitative estimate of drug-likeness (QED) is 0.764. The maximum absolute atomic E-state index is 4.38. The van der Waals surface area contributed by atoms with Gasteiger partial charge in [-0.25, -0.2) is 0 Å². The summed E-state index contributed by atoms with van der Waals surface area (Å²) in [4.78, 5) is 0. The Kier molecular flexibility index (Phi) is 3.09. The molecule has 0 bridgehead atoms. The predicted octanol–water partition coefficient (Wildman–Crippen LogP) is 3.51. The van der Waals surface area contributed by atoms with Gasteiger partial charge in [-0.3, -0.25) is 4.68 Å². The van der Waals surface area contributed by atoms with E-state index in [1.165, 1.54) is 16.7 Å². The molecule has 0 saturated heterocycles. The van der Waals surface area contributed by atoms with Crippen molar-refractivity contribution in [2.75, 3.05) is 0 Å². The molecule has 2 nitrogen and oxygen atoms in total. The fourth-order valence-corrected chi connectivity index (χ4v) is 1.81. The van der Waals surface area contributed by atoms with Gasteiger partial charge in [-0.05, 0) is 18.4 Å². The van der Waals surface area contributed by atoms with Crippen LogP contribution < -0.4 is 0 Å². The fraction of sp³-hybridized carbons (Fsp3) is 0.357. The Hall–Kier alpha value is -1.57. The third-order valence-electron chi connectivity index (χ3n) is 2.54. The van der Waals surface area contributed by atoms with E-state index in [0.717, 1.165) is 6.54 Å². The molecule has 2 heteroatoms. The minimum absolute atomic E-state index is 0.630. The zero-order chi connectivity index (χ0) is 11.5. The minimum Gasteiger partial charge on any atom is -0.272 e. The van der Waals surface area contributed by atoms with Crippen LogP contribution in [0.2, 0.25) is 0 Å². The van der Waals surface area contributed by atoms with Crippen LogP contribution in [0.5, 0.6) is 0 Å². The van der Waals surface area contributed by atoms with Gasteiger partial charge in [0.05, 0.1) is 6.20 Å². The van der Waals surface area contributed by atoms with E-state index >= 15 is 0 Å². The first-order valence-electron chi connectivity index (χ1n) is 5.74. The second-order valence-electron chi connectivity index (χ2n) is 4.71. The van der Waals surface area contributed by atoms with E-state index in [2.05, 4.69) is 56.3 Å². The molecule has 0 radical (unpaired) electrons. The molecule has 0 amide bonds. The molecule has 2 rings (SSSR count). The standard InChI is InChI=1S/C14H18N2/c1-11(2)9-16-10-14(8-15-16)13-6-4-5-12(3)7-13/h4-8,10-11H,9H2,1-3H3. The van der Waals surface area contributed by atoms with Gasteiger partial charge in [0, 0.05) is 18.3 Å². The van der Waals surface area contributed by atoms with Gasteiger partial charge < -0.3 is 0 Å². The Morgan fingerprint density at radius 1 is 1.25 bits per heavy atom. The highest BCUT2D eigenvalue weighted by molar-refractivity contribution is 5.62. The minimum atomic E-state index is 0.630. The molecule has 16 heavy (non-hydrogen) atoms. The van der Waals surface area contributed by atoms with Gasteiger partial charge in [0.25, 0.3) is 0 Å².